The van der Waals surface area contributed by atoms with Gasteiger partial charge in [0.2, 0.25) is 0 Å². The molecular weight excluding hydrogens is 370 g/mol. The highest BCUT2D eigenvalue weighted by Crippen LogP contribution is 2.73. The number of fused-ring (bicyclic) bond motifs is 1. The second kappa shape index (κ2) is 8.67. The lowest BCUT2D eigenvalue weighted by Gasteiger charge is -2.52. The molecule has 0 aromatic carbocycles. The van der Waals surface area contributed by atoms with Crippen molar-refractivity contribution < 1.29 is 4.79 Å². The van der Waals surface area contributed by atoms with E-state index < -0.39 is 0 Å². The van der Waals surface area contributed by atoms with Crippen molar-refractivity contribution in [1.29, 1.82) is 0 Å². The zero-order valence-electron chi connectivity index (χ0n) is 19.6. The number of nitrogens with one attached hydrogen (secondary N) is 1. The Labute approximate surface area is 183 Å². The molecule has 4 atom stereocenters. The number of aliphatic imine (C=N–C) groups is 1. The first kappa shape index (κ1) is 21.9. The molecular formula is C26H43N3O. The zero-order chi connectivity index (χ0) is 21.4. The lowest BCUT2D eigenvalue weighted by molar-refractivity contribution is -0.120. The number of guanidine groups is 1. The van der Waals surface area contributed by atoms with E-state index in [1.54, 1.807) is 5.57 Å². The van der Waals surface area contributed by atoms with Crippen molar-refractivity contribution in [1.82, 2.24) is 5.32 Å². The fraction of sp³-hybridized carbons (Fsp3) is 0.846. The predicted molar refractivity (Wildman–Crippen MR) is 124 cm³/mol. The van der Waals surface area contributed by atoms with E-state index in [0.717, 1.165) is 50.5 Å². The maximum Gasteiger partial charge on any atom is 0.188 e. The number of Topliss-reactive ketones (excluding diaryl/α,β-unsaturated/α-hetero) is 1. The molecule has 2 bridgehead atoms. The minimum Gasteiger partial charge on any atom is -0.370 e. The number of carbonyl (C=O) groups is 1. The lowest BCUT2D eigenvalue weighted by Crippen LogP contribution is -2.46. The van der Waals surface area contributed by atoms with Crippen molar-refractivity contribution in [3.63, 3.8) is 0 Å². The molecule has 0 aromatic rings. The van der Waals surface area contributed by atoms with Gasteiger partial charge >= 0.3 is 0 Å². The smallest absolute Gasteiger partial charge is 0.188 e. The minimum absolute atomic E-state index is 0.175. The topological polar surface area (TPSA) is 67.5 Å². The Hall–Kier alpha value is -1.32. The van der Waals surface area contributed by atoms with Gasteiger partial charge in [-0.25, -0.2) is 0 Å². The van der Waals surface area contributed by atoms with Crippen molar-refractivity contribution in [3.05, 3.63) is 11.1 Å². The molecule has 1 heterocycles. The summed E-state index contributed by atoms with van der Waals surface area (Å²) in [6.07, 6.45) is 15.6. The van der Waals surface area contributed by atoms with Gasteiger partial charge < -0.3 is 11.1 Å². The number of unbranched alkanes of at least 4 members (excludes halogenated alkanes) is 3. The average Bonchev–Trinajstić information content (AvgIpc) is 3.01. The number of hydrogen-bond acceptors (Lipinski definition) is 4. The molecule has 1 spiro atoms. The maximum atomic E-state index is 13.3. The van der Waals surface area contributed by atoms with E-state index in [1.807, 2.05) is 0 Å². The molecule has 4 heteroatoms. The van der Waals surface area contributed by atoms with Gasteiger partial charge in [0.05, 0.1) is 0 Å². The van der Waals surface area contributed by atoms with Crippen LogP contribution < -0.4 is 11.1 Å². The van der Waals surface area contributed by atoms with Crippen LogP contribution in [0.1, 0.15) is 104 Å². The first-order valence-electron chi connectivity index (χ1n) is 12.7. The van der Waals surface area contributed by atoms with Gasteiger partial charge in [0, 0.05) is 24.4 Å². The van der Waals surface area contributed by atoms with Crippen molar-refractivity contribution in [2.45, 2.75) is 110 Å². The molecule has 0 saturated heterocycles. The molecule has 30 heavy (non-hydrogen) atoms. The Morgan fingerprint density at radius 1 is 1.10 bits per heavy atom. The second-order valence-corrected chi connectivity index (χ2v) is 11.1. The van der Waals surface area contributed by atoms with Crippen molar-refractivity contribution >= 4 is 11.7 Å². The summed E-state index contributed by atoms with van der Waals surface area (Å²) in [6.45, 7) is 8.10. The van der Waals surface area contributed by atoms with Gasteiger partial charge in [-0.15, -0.1) is 0 Å². The summed E-state index contributed by atoms with van der Waals surface area (Å²) >= 11 is 0. The molecule has 2 saturated carbocycles. The van der Waals surface area contributed by atoms with E-state index in [2.05, 4.69) is 31.1 Å². The Balaban J connectivity index is 1.49. The van der Waals surface area contributed by atoms with Gasteiger partial charge in [-0.05, 0) is 74.2 Å². The molecule has 0 amide bonds. The first-order chi connectivity index (χ1) is 14.4. The van der Waals surface area contributed by atoms with E-state index >= 15 is 0 Å². The summed E-state index contributed by atoms with van der Waals surface area (Å²) in [5.74, 6) is 2.56. The molecule has 3 N–H and O–H groups in total. The molecule has 1 aliphatic heterocycles. The van der Waals surface area contributed by atoms with Crippen LogP contribution in [-0.4, -0.2) is 24.3 Å². The number of rotatable bonds is 9. The van der Waals surface area contributed by atoms with Crippen molar-refractivity contribution in [2.75, 3.05) is 6.54 Å². The van der Waals surface area contributed by atoms with Crippen LogP contribution >= 0.6 is 0 Å². The molecule has 0 radical (unpaired) electrons. The van der Waals surface area contributed by atoms with Crippen LogP contribution in [0.25, 0.3) is 0 Å². The van der Waals surface area contributed by atoms with E-state index in [9.17, 15) is 4.79 Å². The highest BCUT2D eigenvalue weighted by atomic mass is 16.1. The fourth-order valence-electron chi connectivity index (χ4n) is 7.63. The number of allylic oxidation sites excluding steroid dienone is 2. The van der Waals surface area contributed by atoms with Crippen LogP contribution in [-0.2, 0) is 4.79 Å². The highest BCUT2D eigenvalue weighted by molar-refractivity contribution is 6.00. The number of carbonyl (C=O) groups excluding carboxylic acids is 1. The van der Waals surface area contributed by atoms with Crippen LogP contribution in [0, 0.1) is 22.7 Å². The molecule has 4 nitrogen and oxygen atoms in total. The molecule has 4 rings (SSSR count). The van der Waals surface area contributed by atoms with Gasteiger partial charge in [0.15, 0.2) is 11.7 Å². The normalized spacial score (nSPS) is 34.7. The zero-order valence-corrected chi connectivity index (χ0v) is 19.6. The Bertz CT molecular complexity index is 722. The number of ketones is 1. The van der Waals surface area contributed by atoms with Crippen molar-refractivity contribution in [3.8, 4) is 0 Å². The summed E-state index contributed by atoms with van der Waals surface area (Å²) < 4.78 is 0. The van der Waals surface area contributed by atoms with Gasteiger partial charge in [0.1, 0.15) is 0 Å². The molecule has 0 unspecified atom stereocenters. The van der Waals surface area contributed by atoms with Crippen LogP contribution in [0.5, 0.6) is 0 Å². The quantitative estimate of drug-likeness (QED) is 0.489. The number of nitrogens with two attached hydrogens (primary N) is 1. The van der Waals surface area contributed by atoms with E-state index in [1.165, 1.54) is 56.9 Å². The summed E-state index contributed by atoms with van der Waals surface area (Å²) in [7, 11) is 0. The monoisotopic (exact) mass is 413 g/mol. The summed E-state index contributed by atoms with van der Waals surface area (Å²) in [5.41, 5.74) is 9.15. The Morgan fingerprint density at radius 2 is 1.93 bits per heavy atom. The molecule has 0 aromatic heterocycles. The van der Waals surface area contributed by atoms with E-state index in [0.29, 0.717) is 17.8 Å². The third-order valence-corrected chi connectivity index (χ3v) is 9.36. The summed E-state index contributed by atoms with van der Waals surface area (Å²) in [6, 6.07) is 0.420. The summed E-state index contributed by atoms with van der Waals surface area (Å²) in [5, 5.41) is 3.32. The van der Waals surface area contributed by atoms with Crippen molar-refractivity contribution in [2.24, 2.45) is 33.4 Å². The maximum absolute atomic E-state index is 13.3. The van der Waals surface area contributed by atoms with Gasteiger partial charge in [0.25, 0.3) is 0 Å². The standard InChI is InChI=1S/C26H43N3O/c1-4-5-6-7-9-18-12-13-19-16-22-21(23(30)17-26(18,22)25(19,2)3)11-8-10-20-14-15-28-24(27)29-20/h18-20H,4-17H2,1-3H3,(H3,27,28,29)/t18-,19-,20+,26+/m1/s1. The van der Waals surface area contributed by atoms with Crippen LogP contribution in [0.3, 0.4) is 0 Å². The minimum atomic E-state index is 0.175. The Kier molecular flexibility index (Phi) is 6.33. The lowest BCUT2D eigenvalue weighted by atomic mass is 9.51. The molecule has 168 valence electrons. The van der Waals surface area contributed by atoms with Gasteiger partial charge in [-0.1, -0.05) is 52.0 Å². The predicted octanol–water partition coefficient (Wildman–Crippen LogP) is 5.52. The molecule has 3 aliphatic carbocycles. The summed E-state index contributed by atoms with van der Waals surface area (Å²) in [4.78, 5) is 17.6. The van der Waals surface area contributed by atoms with E-state index in [4.69, 9.17) is 5.73 Å². The SMILES string of the molecule is CCCCCC[C@@H]1CC[C@@H]2CC3=C(CCC[C@H]4CCN=C(N)N4)C(=O)C[C@@]31C2(C)C. The van der Waals surface area contributed by atoms with Crippen LogP contribution in [0.4, 0.5) is 0 Å². The third-order valence-electron chi connectivity index (χ3n) is 9.36. The highest BCUT2D eigenvalue weighted by Gasteiger charge is 2.66. The van der Waals surface area contributed by atoms with E-state index in [-0.39, 0.29) is 10.8 Å². The van der Waals surface area contributed by atoms with Gasteiger partial charge in [-0.3, -0.25) is 9.79 Å². The Morgan fingerprint density at radius 3 is 2.70 bits per heavy atom. The fourth-order valence-corrected chi connectivity index (χ4v) is 7.63. The number of hydrogen-bond donors (Lipinski definition) is 2. The average molecular weight is 414 g/mol. The molecule has 2 fully saturated rings. The molecule has 4 aliphatic rings. The van der Waals surface area contributed by atoms with Crippen LogP contribution in [0.15, 0.2) is 16.1 Å². The first-order valence-corrected chi connectivity index (χ1v) is 12.7. The third kappa shape index (κ3) is 3.62. The van der Waals surface area contributed by atoms with Gasteiger partial charge in [-0.2, -0.15) is 0 Å². The second-order valence-electron chi connectivity index (χ2n) is 11.1. The van der Waals surface area contributed by atoms with Crippen LogP contribution in [0.2, 0.25) is 0 Å². The largest absolute Gasteiger partial charge is 0.370 e. The number of nitrogens with zero attached hydrogens (tertiary/aromatic N) is 1.